The Morgan fingerprint density at radius 2 is 2.09 bits per heavy atom. The van der Waals surface area contributed by atoms with E-state index in [1.165, 1.54) is 4.90 Å². The van der Waals surface area contributed by atoms with Crippen molar-refractivity contribution in [1.29, 1.82) is 0 Å². The van der Waals surface area contributed by atoms with E-state index in [9.17, 15) is 14.7 Å². The van der Waals surface area contributed by atoms with Gasteiger partial charge in [0.25, 0.3) is 0 Å². The lowest BCUT2D eigenvalue weighted by molar-refractivity contribution is 0.0495. The normalized spacial score (nSPS) is 21.7. The van der Waals surface area contributed by atoms with E-state index in [1.807, 2.05) is 13.1 Å². The lowest BCUT2D eigenvalue weighted by Gasteiger charge is -2.24. The van der Waals surface area contributed by atoms with Crippen molar-refractivity contribution in [3.05, 3.63) is 18.0 Å². The first-order valence-corrected chi connectivity index (χ1v) is 7.14. The summed E-state index contributed by atoms with van der Waals surface area (Å²) >= 11 is 0. The van der Waals surface area contributed by atoms with Crippen LogP contribution in [0.3, 0.4) is 0 Å². The quantitative estimate of drug-likeness (QED) is 0.865. The lowest BCUT2D eigenvalue weighted by atomic mass is 10.2. The highest BCUT2D eigenvalue weighted by molar-refractivity contribution is 5.69. The van der Waals surface area contributed by atoms with Crippen LogP contribution >= 0.6 is 0 Å². The molecule has 1 aromatic heterocycles. The second-order valence-corrected chi connectivity index (χ2v) is 6.51. The highest BCUT2D eigenvalue weighted by Crippen LogP contribution is 2.22. The maximum atomic E-state index is 11.9. The van der Waals surface area contributed by atoms with Crippen LogP contribution in [0.15, 0.2) is 12.4 Å². The van der Waals surface area contributed by atoms with E-state index in [0.717, 1.165) is 5.56 Å². The SMILES string of the molecule is Cc1cnn([C@H]2CN(C(=O)O)C[C@@H]2NC(=O)OC(C)(C)C)c1. The molecule has 1 fully saturated rings. The average molecular weight is 310 g/mol. The highest BCUT2D eigenvalue weighted by Gasteiger charge is 2.38. The first-order valence-electron chi connectivity index (χ1n) is 7.14. The number of alkyl carbamates (subject to hydrolysis) is 1. The summed E-state index contributed by atoms with van der Waals surface area (Å²) in [5, 5.41) is 16.2. The maximum Gasteiger partial charge on any atom is 0.408 e. The Morgan fingerprint density at radius 3 is 2.59 bits per heavy atom. The summed E-state index contributed by atoms with van der Waals surface area (Å²) in [6.45, 7) is 7.72. The molecular weight excluding hydrogens is 288 g/mol. The summed E-state index contributed by atoms with van der Waals surface area (Å²) in [5.41, 5.74) is 0.372. The first-order chi connectivity index (χ1) is 10.2. The van der Waals surface area contributed by atoms with Crippen LogP contribution in [0.1, 0.15) is 32.4 Å². The molecule has 2 heterocycles. The number of ether oxygens (including phenoxy) is 1. The smallest absolute Gasteiger partial charge is 0.408 e. The van der Waals surface area contributed by atoms with E-state index in [-0.39, 0.29) is 25.2 Å². The molecule has 1 aliphatic rings. The Morgan fingerprint density at radius 1 is 1.41 bits per heavy atom. The monoisotopic (exact) mass is 310 g/mol. The minimum atomic E-state index is -1.01. The van der Waals surface area contributed by atoms with Gasteiger partial charge >= 0.3 is 12.2 Å². The standard InChI is InChI=1S/C14H22N4O4/c1-9-5-15-18(6-9)11-8-17(13(20)21)7-10(11)16-12(19)22-14(2,3)4/h5-6,10-11H,7-8H2,1-4H3,(H,16,19)(H,20,21)/t10-,11-/m0/s1. The third-order valence-electron chi connectivity index (χ3n) is 3.33. The second kappa shape index (κ2) is 5.86. The number of hydrogen-bond acceptors (Lipinski definition) is 4. The molecule has 0 bridgehead atoms. The van der Waals surface area contributed by atoms with Gasteiger partial charge in [-0.15, -0.1) is 0 Å². The van der Waals surface area contributed by atoms with Crippen LogP contribution in [0.4, 0.5) is 9.59 Å². The molecule has 122 valence electrons. The summed E-state index contributed by atoms with van der Waals surface area (Å²) in [5.74, 6) is 0. The molecule has 2 atom stereocenters. The fourth-order valence-corrected chi connectivity index (χ4v) is 2.43. The summed E-state index contributed by atoms with van der Waals surface area (Å²) in [4.78, 5) is 24.4. The van der Waals surface area contributed by atoms with Crippen LogP contribution in [0, 0.1) is 6.92 Å². The predicted molar refractivity (Wildman–Crippen MR) is 78.8 cm³/mol. The number of amides is 2. The number of carbonyl (C=O) groups excluding carboxylic acids is 1. The van der Waals surface area contributed by atoms with E-state index >= 15 is 0 Å². The lowest BCUT2D eigenvalue weighted by Crippen LogP contribution is -2.44. The van der Waals surface area contributed by atoms with Crippen molar-refractivity contribution < 1.29 is 19.4 Å². The molecule has 0 saturated carbocycles. The Kier molecular flexibility index (Phi) is 4.30. The molecule has 22 heavy (non-hydrogen) atoms. The van der Waals surface area contributed by atoms with E-state index in [0.29, 0.717) is 0 Å². The molecule has 0 unspecified atom stereocenters. The number of likely N-dealkylation sites (tertiary alicyclic amines) is 1. The van der Waals surface area contributed by atoms with Gasteiger partial charge in [0.1, 0.15) is 5.60 Å². The molecule has 0 aliphatic carbocycles. The number of aromatic nitrogens is 2. The van der Waals surface area contributed by atoms with Crippen molar-refractivity contribution in [3.8, 4) is 0 Å². The van der Waals surface area contributed by atoms with Gasteiger partial charge in [0.15, 0.2) is 0 Å². The van der Waals surface area contributed by atoms with Gasteiger partial charge in [0.2, 0.25) is 0 Å². The van der Waals surface area contributed by atoms with Gasteiger partial charge in [-0.2, -0.15) is 5.10 Å². The number of nitrogens with zero attached hydrogens (tertiary/aromatic N) is 3. The topological polar surface area (TPSA) is 96.7 Å². The zero-order valence-electron chi connectivity index (χ0n) is 13.2. The number of aryl methyl sites for hydroxylation is 1. The summed E-state index contributed by atoms with van der Waals surface area (Å²) in [6.07, 6.45) is 1.97. The van der Waals surface area contributed by atoms with Crippen LogP contribution in [0.5, 0.6) is 0 Å². The zero-order chi connectivity index (χ0) is 16.5. The largest absolute Gasteiger partial charge is 0.465 e. The van der Waals surface area contributed by atoms with Crippen LogP contribution in [-0.2, 0) is 4.74 Å². The van der Waals surface area contributed by atoms with Crippen LogP contribution in [-0.4, -0.2) is 56.7 Å². The molecule has 2 amide bonds. The van der Waals surface area contributed by atoms with E-state index in [2.05, 4.69) is 10.4 Å². The molecule has 2 N–H and O–H groups in total. The van der Waals surface area contributed by atoms with Crippen LogP contribution < -0.4 is 5.32 Å². The van der Waals surface area contributed by atoms with Gasteiger partial charge < -0.3 is 20.1 Å². The predicted octanol–water partition coefficient (Wildman–Crippen LogP) is 1.62. The average Bonchev–Trinajstić information content (AvgIpc) is 2.93. The van der Waals surface area contributed by atoms with E-state index < -0.39 is 17.8 Å². The molecule has 1 aliphatic heterocycles. The van der Waals surface area contributed by atoms with Gasteiger partial charge in [-0.3, -0.25) is 4.68 Å². The van der Waals surface area contributed by atoms with Crippen LogP contribution in [0.2, 0.25) is 0 Å². The van der Waals surface area contributed by atoms with Crippen molar-refractivity contribution in [1.82, 2.24) is 20.0 Å². The Bertz CT molecular complexity index is 563. The third kappa shape index (κ3) is 3.90. The van der Waals surface area contributed by atoms with E-state index in [1.54, 1.807) is 31.6 Å². The molecule has 8 heteroatoms. The molecule has 8 nitrogen and oxygen atoms in total. The summed E-state index contributed by atoms with van der Waals surface area (Å²) in [6, 6.07) is -0.637. The van der Waals surface area contributed by atoms with Crippen LogP contribution in [0.25, 0.3) is 0 Å². The Balaban J connectivity index is 2.11. The van der Waals surface area contributed by atoms with Crippen molar-refractivity contribution >= 4 is 12.2 Å². The fourth-order valence-electron chi connectivity index (χ4n) is 2.43. The molecule has 2 rings (SSSR count). The maximum absolute atomic E-state index is 11.9. The number of carbonyl (C=O) groups is 2. The van der Waals surface area contributed by atoms with Gasteiger partial charge in [0, 0.05) is 19.3 Å². The molecule has 1 saturated heterocycles. The highest BCUT2D eigenvalue weighted by atomic mass is 16.6. The Labute approximate surface area is 129 Å². The van der Waals surface area contributed by atoms with E-state index in [4.69, 9.17) is 4.74 Å². The molecular formula is C14H22N4O4. The second-order valence-electron chi connectivity index (χ2n) is 6.51. The molecule has 0 spiro atoms. The van der Waals surface area contributed by atoms with Crippen molar-refractivity contribution in [2.24, 2.45) is 0 Å². The number of nitrogens with one attached hydrogen (secondary N) is 1. The van der Waals surface area contributed by atoms with Gasteiger partial charge in [0.05, 0.1) is 18.3 Å². The minimum absolute atomic E-state index is 0.206. The van der Waals surface area contributed by atoms with Crippen molar-refractivity contribution in [2.45, 2.75) is 45.4 Å². The molecule has 1 aromatic rings. The molecule has 0 radical (unpaired) electrons. The third-order valence-corrected chi connectivity index (χ3v) is 3.33. The van der Waals surface area contributed by atoms with Gasteiger partial charge in [-0.05, 0) is 33.3 Å². The number of rotatable bonds is 2. The zero-order valence-corrected chi connectivity index (χ0v) is 13.2. The van der Waals surface area contributed by atoms with Crippen molar-refractivity contribution in [2.75, 3.05) is 13.1 Å². The summed E-state index contributed by atoms with van der Waals surface area (Å²) < 4.78 is 6.93. The Hall–Kier alpha value is -2.25. The summed E-state index contributed by atoms with van der Waals surface area (Å²) in [7, 11) is 0. The number of hydrogen-bond donors (Lipinski definition) is 2. The van der Waals surface area contributed by atoms with Gasteiger partial charge in [-0.25, -0.2) is 9.59 Å². The number of carboxylic acid groups (broad SMARTS) is 1. The fraction of sp³-hybridized carbons (Fsp3) is 0.643. The first kappa shape index (κ1) is 16.1. The van der Waals surface area contributed by atoms with Gasteiger partial charge in [-0.1, -0.05) is 0 Å². The molecule has 0 aromatic carbocycles. The minimum Gasteiger partial charge on any atom is -0.465 e. The van der Waals surface area contributed by atoms with Crippen molar-refractivity contribution in [3.63, 3.8) is 0 Å².